The smallest absolute Gasteiger partial charge is 0.330 e. The van der Waals surface area contributed by atoms with E-state index in [0.717, 1.165) is 0 Å². The van der Waals surface area contributed by atoms with Gasteiger partial charge in [0.05, 0.1) is 6.07 Å². The van der Waals surface area contributed by atoms with Crippen molar-refractivity contribution in [2.45, 2.75) is 24.3 Å². The Balaban J connectivity index is 2.54. The third-order valence-electron chi connectivity index (χ3n) is 2.74. The molecular weight excluding hydrogens is 276 g/mol. The van der Waals surface area contributed by atoms with Crippen molar-refractivity contribution >= 4 is 0 Å². The maximum absolute atomic E-state index is 12.6. The number of nitrogens with zero attached hydrogens (tertiary/aromatic N) is 1. The van der Waals surface area contributed by atoms with Gasteiger partial charge in [-0.2, -0.15) is 14.0 Å². The summed E-state index contributed by atoms with van der Waals surface area (Å²) in [5.41, 5.74) is 4.96. The zero-order valence-electron chi connectivity index (χ0n) is 10.5. The molecule has 0 fully saturated rings. The molecule has 0 aliphatic rings. The van der Waals surface area contributed by atoms with Crippen molar-refractivity contribution in [1.29, 1.82) is 5.26 Å². The highest BCUT2D eigenvalue weighted by Crippen LogP contribution is 2.24. The molecule has 1 rings (SSSR count). The highest BCUT2D eigenvalue weighted by atomic mass is 19.3. The van der Waals surface area contributed by atoms with E-state index < -0.39 is 24.5 Å². The Morgan fingerprint density at radius 3 is 2.35 bits per heavy atom. The summed E-state index contributed by atoms with van der Waals surface area (Å²) in [5, 5.41) is 9.09. The standard InChI is InChI=1S/C13H14F4N2O/c14-11(15)13(16,17)9-20-7-6-12(19,8-18)10-4-2-1-3-5-10/h1-5,11H,6-7,9,19H2. The summed E-state index contributed by atoms with van der Waals surface area (Å²) in [6, 6.07) is 10.2. The number of hydrogen-bond donors (Lipinski definition) is 1. The van der Waals surface area contributed by atoms with Crippen LogP contribution in [-0.2, 0) is 10.3 Å². The van der Waals surface area contributed by atoms with Crippen molar-refractivity contribution < 1.29 is 22.3 Å². The Labute approximate surface area is 113 Å². The highest BCUT2D eigenvalue weighted by molar-refractivity contribution is 5.30. The van der Waals surface area contributed by atoms with Crippen LogP contribution in [0.3, 0.4) is 0 Å². The number of ether oxygens (including phenoxy) is 1. The molecule has 3 nitrogen and oxygen atoms in total. The molecule has 0 aliphatic heterocycles. The van der Waals surface area contributed by atoms with Gasteiger partial charge in [0.15, 0.2) is 0 Å². The maximum Gasteiger partial charge on any atom is 0.330 e. The average Bonchev–Trinajstić information content (AvgIpc) is 2.44. The molecule has 0 saturated heterocycles. The lowest BCUT2D eigenvalue weighted by molar-refractivity contribution is -0.166. The summed E-state index contributed by atoms with van der Waals surface area (Å²) in [4.78, 5) is 0. The van der Waals surface area contributed by atoms with Crippen molar-refractivity contribution in [1.82, 2.24) is 0 Å². The first-order chi connectivity index (χ1) is 9.32. The van der Waals surface area contributed by atoms with Crippen LogP contribution in [0.2, 0.25) is 0 Å². The second kappa shape index (κ2) is 6.68. The van der Waals surface area contributed by atoms with Gasteiger partial charge in [0, 0.05) is 13.0 Å². The van der Waals surface area contributed by atoms with Crippen LogP contribution in [0.1, 0.15) is 12.0 Å². The highest BCUT2D eigenvalue weighted by Gasteiger charge is 2.41. The molecule has 0 bridgehead atoms. The molecule has 110 valence electrons. The fourth-order valence-electron chi connectivity index (χ4n) is 1.50. The first kappa shape index (κ1) is 16.4. The second-order valence-corrected chi connectivity index (χ2v) is 4.31. The third kappa shape index (κ3) is 4.18. The molecule has 0 radical (unpaired) electrons. The van der Waals surface area contributed by atoms with E-state index in [1.54, 1.807) is 30.3 Å². The van der Waals surface area contributed by atoms with Crippen LogP contribution in [0.4, 0.5) is 17.6 Å². The first-order valence-corrected chi connectivity index (χ1v) is 5.81. The zero-order chi connectivity index (χ0) is 15.2. The van der Waals surface area contributed by atoms with Crippen molar-refractivity contribution in [2.24, 2.45) is 5.73 Å². The maximum atomic E-state index is 12.6. The van der Waals surface area contributed by atoms with Gasteiger partial charge in [-0.1, -0.05) is 30.3 Å². The van der Waals surface area contributed by atoms with Gasteiger partial charge < -0.3 is 10.5 Å². The molecule has 7 heteroatoms. The largest absolute Gasteiger partial charge is 0.375 e. The molecule has 0 aliphatic carbocycles. The lowest BCUT2D eigenvalue weighted by atomic mass is 9.89. The minimum atomic E-state index is -4.20. The summed E-state index contributed by atoms with van der Waals surface area (Å²) < 4.78 is 53.5. The minimum Gasteiger partial charge on any atom is -0.375 e. The summed E-state index contributed by atoms with van der Waals surface area (Å²) in [6.45, 7) is -1.72. The number of alkyl halides is 4. The Morgan fingerprint density at radius 2 is 1.85 bits per heavy atom. The fraction of sp³-hybridized carbons (Fsp3) is 0.462. The van der Waals surface area contributed by atoms with Crippen molar-refractivity contribution in [3.8, 4) is 6.07 Å². The van der Waals surface area contributed by atoms with Gasteiger partial charge in [-0.05, 0) is 5.56 Å². The molecule has 1 aromatic rings. The normalized spacial score (nSPS) is 14.8. The Kier molecular flexibility index (Phi) is 5.48. The first-order valence-electron chi connectivity index (χ1n) is 5.81. The number of nitriles is 1. The van der Waals surface area contributed by atoms with Gasteiger partial charge in [-0.25, -0.2) is 8.78 Å². The number of rotatable bonds is 7. The summed E-state index contributed by atoms with van der Waals surface area (Å²) >= 11 is 0. The van der Waals surface area contributed by atoms with Crippen LogP contribution in [0.15, 0.2) is 30.3 Å². The van der Waals surface area contributed by atoms with Gasteiger partial charge in [-0.15, -0.1) is 0 Å². The molecular formula is C13H14F4N2O. The molecule has 2 N–H and O–H groups in total. The number of halogens is 4. The fourth-order valence-corrected chi connectivity index (χ4v) is 1.50. The average molecular weight is 290 g/mol. The van der Waals surface area contributed by atoms with Crippen LogP contribution < -0.4 is 5.73 Å². The van der Waals surface area contributed by atoms with Crippen LogP contribution in [0.25, 0.3) is 0 Å². The summed E-state index contributed by atoms with van der Waals surface area (Å²) in [7, 11) is 0. The third-order valence-corrected chi connectivity index (χ3v) is 2.74. The molecule has 0 spiro atoms. The Bertz CT molecular complexity index is 461. The number of hydrogen-bond acceptors (Lipinski definition) is 3. The van der Waals surface area contributed by atoms with Crippen molar-refractivity contribution in [3.63, 3.8) is 0 Å². The van der Waals surface area contributed by atoms with Crippen LogP contribution >= 0.6 is 0 Å². The molecule has 0 heterocycles. The van der Waals surface area contributed by atoms with Gasteiger partial charge in [0.2, 0.25) is 0 Å². The van der Waals surface area contributed by atoms with E-state index in [1.807, 2.05) is 6.07 Å². The summed E-state index contributed by atoms with van der Waals surface area (Å²) in [6.07, 6.45) is -3.86. The second-order valence-electron chi connectivity index (χ2n) is 4.31. The quantitative estimate of drug-likeness (QED) is 0.620. The van der Waals surface area contributed by atoms with E-state index in [2.05, 4.69) is 4.74 Å². The molecule has 0 amide bonds. The van der Waals surface area contributed by atoms with E-state index in [1.165, 1.54) is 0 Å². The van der Waals surface area contributed by atoms with E-state index in [9.17, 15) is 17.6 Å². The Hall–Kier alpha value is -1.65. The molecule has 1 unspecified atom stereocenters. The van der Waals surface area contributed by atoms with Gasteiger partial charge in [0.25, 0.3) is 0 Å². The van der Waals surface area contributed by atoms with Gasteiger partial charge in [-0.3, -0.25) is 0 Å². The topological polar surface area (TPSA) is 59.0 Å². The Morgan fingerprint density at radius 1 is 1.25 bits per heavy atom. The molecule has 20 heavy (non-hydrogen) atoms. The lowest BCUT2D eigenvalue weighted by Crippen LogP contribution is -2.37. The van der Waals surface area contributed by atoms with Crippen LogP contribution in [0, 0.1) is 11.3 Å². The van der Waals surface area contributed by atoms with Gasteiger partial charge in [0.1, 0.15) is 12.1 Å². The van der Waals surface area contributed by atoms with E-state index >= 15 is 0 Å². The predicted octanol–water partition coefficient (Wildman–Crippen LogP) is 2.67. The minimum absolute atomic E-state index is 0.0766. The molecule has 1 atom stereocenters. The van der Waals surface area contributed by atoms with Crippen molar-refractivity contribution in [3.05, 3.63) is 35.9 Å². The number of benzene rings is 1. The van der Waals surface area contributed by atoms with E-state index in [-0.39, 0.29) is 13.0 Å². The van der Waals surface area contributed by atoms with Gasteiger partial charge >= 0.3 is 12.3 Å². The monoisotopic (exact) mass is 290 g/mol. The zero-order valence-corrected chi connectivity index (χ0v) is 10.5. The van der Waals surface area contributed by atoms with Crippen LogP contribution in [0.5, 0.6) is 0 Å². The van der Waals surface area contributed by atoms with Crippen molar-refractivity contribution in [2.75, 3.05) is 13.2 Å². The SMILES string of the molecule is N#CC(N)(CCOCC(F)(F)C(F)F)c1ccccc1. The lowest BCUT2D eigenvalue weighted by Gasteiger charge is -2.22. The molecule has 0 aromatic heterocycles. The molecule has 1 aromatic carbocycles. The molecule has 0 saturated carbocycles. The van der Waals surface area contributed by atoms with Crippen LogP contribution in [-0.4, -0.2) is 25.6 Å². The number of nitrogens with two attached hydrogens (primary N) is 1. The predicted molar refractivity (Wildman–Crippen MR) is 64.3 cm³/mol. The summed E-state index contributed by atoms with van der Waals surface area (Å²) in [5.74, 6) is -4.20. The van der Waals surface area contributed by atoms with E-state index in [4.69, 9.17) is 11.0 Å². The van der Waals surface area contributed by atoms with E-state index in [0.29, 0.717) is 5.56 Å².